The summed E-state index contributed by atoms with van der Waals surface area (Å²) >= 11 is 5.11. The zero-order chi connectivity index (χ0) is 15.4. The zero-order valence-electron chi connectivity index (χ0n) is 12.0. The van der Waals surface area contributed by atoms with Gasteiger partial charge in [-0.2, -0.15) is 0 Å². The molecule has 1 aromatic carbocycles. The molecule has 0 unspecified atom stereocenters. The van der Waals surface area contributed by atoms with Crippen molar-refractivity contribution in [2.75, 3.05) is 24.2 Å². The number of nitrogens with one attached hydrogen (secondary N) is 1. The maximum absolute atomic E-state index is 12.2. The molecule has 4 nitrogen and oxygen atoms in total. The molecule has 1 aromatic heterocycles. The van der Waals surface area contributed by atoms with E-state index in [0.29, 0.717) is 17.8 Å². The number of carbonyl (C=O) groups excluding carboxylic acids is 1. The van der Waals surface area contributed by atoms with Gasteiger partial charge < -0.3 is 16.0 Å². The fourth-order valence-corrected chi connectivity index (χ4v) is 3.30. The van der Waals surface area contributed by atoms with E-state index in [1.807, 2.05) is 24.9 Å². The second-order valence-corrected chi connectivity index (χ2v) is 7.04. The standard InChI is InChI=1S/C15H18BrN3OS/c1-3-18-15(20)12-5-4-11(17)7-13(12)19(2)8-10-6-14(16)21-9-10/h4-7,9H,3,8,17H2,1-2H3,(H,18,20). The van der Waals surface area contributed by atoms with Gasteiger partial charge in [0.25, 0.3) is 5.91 Å². The molecule has 21 heavy (non-hydrogen) atoms. The average Bonchev–Trinajstić information content (AvgIpc) is 2.84. The molecule has 0 aliphatic carbocycles. The van der Waals surface area contributed by atoms with Crippen molar-refractivity contribution >= 4 is 44.5 Å². The quantitative estimate of drug-likeness (QED) is 0.795. The number of nitrogen functional groups attached to an aromatic ring is 1. The summed E-state index contributed by atoms with van der Waals surface area (Å²) in [5.74, 6) is -0.0779. The first-order chi connectivity index (χ1) is 10.0. The van der Waals surface area contributed by atoms with E-state index in [2.05, 4.69) is 32.7 Å². The third kappa shape index (κ3) is 3.98. The van der Waals surface area contributed by atoms with Crippen LogP contribution in [0.1, 0.15) is 22.8 Å². The fourth-order valence-electron chi connectivity index (χ4n) is 2.10. The Morgan fingerprint density at radius 2 is 2.19 bits per heavy atom. The van der Waals surface area contributed by atoms with Crippen LogP contribution in [0.4, 0.5) is 11.4 Å². The lowest BCUT2D eigenvalue weighted by molar-refractivity contribution is 0.0956. The van der Waals surface area contributed by atoms with Gasteiger partial charge in [0.1, 0.15) is 0 Å². The van der Waals surface area contributed by atoms with E-state index < -0.39 is 0 Å². The molecule has 1 amide bonds. The zero-order valence-corrected chi connectivity index (χ0v) is 14.4. The highest BCUT2D eigenvalue weighted by atomic mass is 79.9. The van der Waals surface area contributed by atoms with Gasteiger partial charge in [-0.15, -0.1) is 11.3 Å². The van der Waals surface area contributed by atoms with Crippen molar-refractivity contribution in [3.05, 3.63) is 44.6 Å². The van der Waals surface area contributed by atoms with E-state index in [1.165, 1.54) is 5.56 Å². The summed E-state index contributed by atoms with van der Waals surface area (Å²) in [6.45, 7) is 3.23. The van der Waals surface area contributed by atoms with Gasteiger partial charge in [0.2, 0.25) is 0 Å². The van der Waals surface area contributed by atoms with Gasteiger partial charge in [0, 0.05) is 25.8 Å². The van der Waals surface area contributed by atoms with Gasteiger partial charge in [-0.3, -0.25) is 4.79 Å². The minimum atomic E-state index is -0.0779. The first-order valence-corrected chi connectivity index (χ1v) is 8.30. The normalized spacial score (nSPS) is 10.4. The number of halogens is 1. The van der Waals surface area contributed by atoms with Crippen molar-refractivity contribution in [1.29, 1.82) is 0 Å². The molecular weight excluding hydrogens is 350 g/mol. The second-order valence-electron chi connectivity index (χ2n) is 4.75. The Bertz CT molecular complexity index is 642. The molecule has 3 N–H and O–H groups in total. The Morgan fingerprint density at radius 1 is 1.43 bits per heavy atom. The van der Waals surface area contributed by atoms with Gasteiger partial charge in [-0.1, -0.05) is 0 Å². The number of thiophene rings is 1. The van der Waals surface area contributed by atoms with Crippen LogP contribution >= 0.6 is 27.3 Å². The number of nitrogens with zero attached hydrogens (tertiary/aromatic N) is 1. The van der Waals surface area contributed by atoms with E-state index >= 15 is 0 Å². The van der Waals surface area contributed by atoms with E-state index in [4.69, 9.17) is 5.73 Å². The Kier molecular flexibility index (Phi) is 5.25. The Hall–Kier alpha value is -1.53. The van der Waals surface area contributed by atoms with Crippen molar-refractivity contribution in [3.63, 3.8) is 0 Å². The van der Waals surface area contributed by atoms with Gasteiger partial charge in [0.15, 0.2) is 0 Å². The summed E-state index contributed by atoms with van der Waals surface area (Å²) in [5, 5.41) is 4.93. The van der Waals surface area contributed by atoms with E-state index in [1.54, 1.807) is 23.5 Å². The number of hydrogen-bond acceptors (Lipinski definition) is 4. The molecule has 0 fully saturated rings. The summed E-state index contributed by atoms with van der Waals surface area (Å²) in [6, 6.07) is 7.45. The summed E-state index contributed by atoms with van der Waals surface area (Å²) in [4.78, 5) is 14.2. The highest BCUT2D eigenvalue weighted by Crippen LogP contribution is 2.27. The Morgan fingerprint density at radius 3 is 2.81 bits per heavy atom. The minimum absolute atomic E-state index is 0.0779. The SMILES string of the molecule is CCNC(=O)c1ccc(N)cc1N(C)Cc1csc(Br)c1. The summed E-state index contributed by atoms with van der Waals surface area (Å²) in [7, 11) is 1.96. The molecule has 2 aromatic rings. The second kappa shape index (κ2) is 6.95. The molecule has 0 saturated carbocycles. The van der Waals surface area contributed by atoms with Crippen LogP contribution in [0.15, 0.2) is 33.4 Å². The van der Waals surface area contributed by atoms with Crippen molar-refractivity contribution in [2.24, 2.45) is 0 Å². The number of nitrogens with two attached hydrogens (primary N) is 1. The number of anilines is 2. The van der Waals surface area contributed by atoms with E-state index in [-0.39, 0.29) is 5.91 Å². The fraction of sp³-hybridized carbons (Fsp3) is 0.267. The number of benzene rings is 1. The molecule has 0 aliphatic heterocycles. The topological polar surface area (TPSA) is 58.4 Å². The average molecular weight is 368 g/mol. The van der Waals surface area contributed by atoms with Crippen molar-refractivity contribution in [2.45, 2.75) is 13.5 Å². The number of rotatable bonds is 5. The molecule has 0 bridgehead atoms. The van der Waals surface area contributed by atoms with Crippen LogP contribution in [0.25, 0.3) is 0 Å². The lowest BCUT2D eigenvalue weighted by Crippen LogP contribution is -2.26. The predicted molar refractivity (Wildman–Crippen MR) is 93.0 cm³/mol. The molecular formula is C15H18BrN3OS. The summed E-state index contributed by atoms with van der Waals surface area (Å²) < 4.78 is 1.10. The third-order valence-electron chi connectivity index (χ3n) is 3.06. The number of hydrogen-bond donors (Lipinski definition) is 2. The highest BCUT2D eigenvalue weighted by Gasteiger charge is 2.15. The van der Waals surface area contributed by atoms with Crippen LogP contribution in [0.3, 0.4) is 0 Å². The van der Waals surface area contributed by atoms with Crippen LogP contribution in [-0.4, -0.2) is 19.5 Å². The lowest BCUT2D eigenvalue weighted by Gasteiger charge is -2.22. The van der Waals surface area contributed by atoms with Crippen LogP contribution < -0.4 is 16.0 Å². The molecule has 0 spiro atoms. The molecule has 0 radical (unpaired) electrons. The minimum Gasteiger partial charge on any atom is -0.399 e. The largest absolute Gasteiger partial charge is 0.399 e. The van der Waals surface area contributed by atoms with Crippen LogP contribution in [0.2, 0.25) is 0 Å². The molecule has 0 saturated heterocycles. The van der Waals surface area contributed by atoms with Crippen LogP contribution in [0.5, 0.6) is 0 Å². The number of carbonyl (C=O) groups is 1. The summed E-state index contributed by atoms with van der Waals surface area (Å²) in [5.41, 5.74) is 9.19. The maximum atomic E-state index is 12.2. The first kappa shape index (κ1) is 15.9. The van der Waals surface area contributed by atoms with Gasteiger partial charge in [0.05, 0.1) is 15.0 Å². The molecule has 0 atom stereocenters. The van der Waals surface area contributed by atoms with Gasteiger partial charge >= 0.3 is 0 Å². The van der Waals surface area contributed by atoms with Crippen LogP contribution in [-0.2, 0) is 6.54 Å². The van der Waals surface area contributed by atoms with Crippen molar-refractivity contribution in [1.82, 2.24) is 5.32 Å². The Labute approximate surface area is 137 Å². The first-order valence-electron chi connectivity index (χ1n) is 6.63. The monoisotopic (exact) mass is 367 g/mol. The van der Waals surface area contributed by atoms with Gasteiger partial charge in [-0.05, 0) is 58.1 Å². The lowest BCUT2D eigenvalue weighted by atomic mass is 10.1. The van der Waals surface area contributed by atoms with E-state index in [0.717, 1.165) is 16.0 Å². The summed E-state index contributed by atoms with van der Waals surface area (Å²) in [6.07, 6.45) is 0. The van der Waals surface area contributed by atoms with Crippen molar-refractivity contribution < 1.29 is 4.79 Å². The van der Waals surface area contributed by atoms with Crippen LogP contribution in [0, 0.1) is 0 Å². The predicted octanol–water partition coefficient (Wildman–Crippen LogP) is 3.48. The highest BCUT2D eigenvalue weighted by molar-refractivity contribution is 9.11. The third-order valence-corrected chi connectivity index (χ3v) is 4.61. The molecule has 6 heteroatoms. The van der Waals surface area contributed by atoms with Crippen molar-refractivity contribution in [3.8, 4) is 0 Å². The van der Waals surface area contributed by atoms with E-state index in [9.17, 15) is 4.79 Å². The number of amides is 1. The molecule has 112 valence electrons. The Balaban J connectivity index is 2.28. The molecule has 2 rings (SSSR count). The molecule has 0 aliphatic rings. The smallest absolute Gasteiger partial charge is 0.253 e. The maximum Gasteiger partial charge on any atom is 0.253 e. The van der Waals surface area contributed by atoms with Gasteiger partial charge in [-0.25, -0.2) is 0 Å². The molecule has 1 heterocycles.